The Morgan fingerprint density at radius 3 is 2.33 bits per heavy atom. The lowest BCUT2D eigenvalue weighted by Crippen LogP contribution is -2.47. The van der Waals surface area contributed by atoms with Crippen molar-refractivity contribution in [3.05, 3.63) is 35.4 Å². The van der Waals surface area contributed by atoms with Crippen LogP contribution < -0.4 is 5.32 Å². The van der Waals surface area contributed by atoms with E-state index in [1.165, 1.54) is 7.05 Å². The number of likely N-dealkylation sites (N-methyl/N-ethyl adjacent to an activating group) is 1. The molecule has 0 radical (unpaired) electrons. The predicted octanol–water partition coefficient (Wildman–Crippen LogP) is 3.71. The number of alkyl halides is 3. The quantitative estimate of drug-likeness (QED) is 0.624. The third-order valence-electron chi connectivity index (χ3n) is 4.85. The highest BCUT2D eigenvalue weighted by atomic mass is 19.4. The van der Waals surface area contributed by atoms with E-state index >= 15 is 0 Å². The van der Waals surface area contributed by atoms with Crippen LogP contribution in [0.1, 0.15) is 54.4 Å². The van der Waals surface area contributed by atoms with Crippen LogP contribution in [0.2, 0.25) is 0 Å². The Bertz CT molecular complexity index is 704. The van der Waals surface area contributed by atoms with Gasteiger partial charge in [-0.3, -0.25) is 14.5 Å². The SMILES string of the molecule is CN(C#N)C(=O)[C@H](CC1CCCCC1)NC(=O)c1ccc(C(F)(F)F)cc1. The number of amides is 2. The second-order valence-electron chi connectivity index (χ2n) is 6.84. The van der Waals surface area contributed by atoms with Gasteiger partial charge in [0.05, 0.1) is 5.56 Å². The Morgan fingerprint density at radius 2 is 1.81 bits per heavy atom. The number of carbonyl (C=O) groups excluding carboxylic acids is 2. The van der Waals surface area contributed by atoms with Crippen molar-refractivity contribution in [1.82, 2.24) is 10.2 Å². The van der Waals surface area contributed by atoms with Crippen molar-refractivity contribution in [3.63, 3.8) is 0 Å². The van der Waals surface area contributed by atoms with Crippen molar-refractivity contribution < 1.29 is 22.8 Å². The highest BCUT2D eigenvalue weighted by molar-refractivity contribution is 5.97. The highest BCUT2D eigenvalue weighted by Crippen LogP contribution is 2.29. The van der Waals surface area contributed by atoms with Gasteiger partial charge < -0.3 is 5.32 Å². The van der Waals surface area contributed by atoms with Crippen LogP contribution in [0, 0.1) is 17.4 Å². The standard InChI is InChI=1S/C19H22F3N3O2/c1-25(12-23)18(27)16(11-13-5-3-2-4-6-13)24-17(26)14-7-9-15(10-8-14)19(20,21)22/h7-10,13,16H,2-6,11H2,1H3,(H,24,26)/t16-/m0/s1. The fourth-order valence-electron chi connectivity index (χ4n) is 3.31. The van der Waals surface area contributed by atoms with Crippen LogP contribution in [-0.4, -0.2) is 29.8 Å². The monoisotopic (exact) mass is 381 g/mol. The van der Waals surface area contributed by atoms with E-state index in [1.54, 1.807) is 6.19 Å². The molecule has 0 unspecified atom stereocenters. The molecule has 1 aromatic carbocycles. The van der Waals surface area contributed by atoms with Crippen LogP contribution in [-0.2, 0) is 11.0 Å². The second kappa shape index (κ2) is 8.89. The van der Waals surface area contributed by atoms with E-state index in [1.807, 2.05) is 0 Å². The van der Waals surface area contributed by atoms with E-state index in [0.29, 0.717) is 6.42 Å². The van der Waals surface area contributed by atoms with E-state index < -0.39 is 29.6 Å². The van der Waals surface area contributed by atoms with Gasteiger partial charge in [0, 0.05) is 12.6 Å². The molecule has 1 aliphatic rings. The number of hydrogen-bond acceptors (Lipinski definition) is 3. The van der Waals surface area contributed by atoms with Crippen molar-refractivity contribution in [2.45, 2.75) is 50.7 Å². The maximum absolute atomic E-state index is 12.6. The molecule has 1 N–H and O–H groups in total. The zero-order valence-electron chi connectivity index (χ0n) is 15.1. The highest BCUT2D eigenvalue weighted by Gasteiger charge is 2.31. The number of carbonyl (C=O) groups is 2. The normalized spacial score (nSPS) is 16.3. The van der Waals surface area contributed by atoms with Crippen molar-refractivity contribution in [3.8, 4) is 6.19 Å². The fourth-order valence-corrected chi connectivity index (χ4v) is 3.31. The van der Waals surface area contributed by atoms with Gasteiger partial charge in [-0.15, -0.1) is 0 Å². The fraction of sp³-hybridized carbons (Fsp3) is 0.526. The number of hydrogen-bond donors (Lipinski definition) is 1. The lowest BCUT2D eigenvalue weighted by Gasteiger charge is -2.27. The summed E-state index contributed by atoms with van der Waals surface area (Å²) in [6.45, 7) is 0. The Hall–Kier alpha value is -2.56. The van der Waals surface area contributed by atoms with Gasteiger partial charge in [0.25, 0.3) is 11.8 Å². The molecular weight excluding hydrogens is 359 g/mol. The topological polar surface area (TPSA) is 73.2 Å². The van der Waals surface area contributed by atoms with E-state index in [-0.39, 0.29) is 11.5 Å². The van der Waals surface area contributed by atoms with Crippen molar-refractivity contribution in [2.75, 3.05) is 7.05 Å². The van der Waals surface area contributed by atoms with Crippen molar-refractivity contribution >= 4 is 11.8 Å². The molecule has 1 saturated carbocycles. The summed E-state index contributed by atoms with van der Waals surface area (Å²) < 4.78 is 37.9. The van der Waals surface area contributed by atoms with Gasteiger partial charge >= 0.3 is 6.18 Å². The molecule has 0 aromatic heterocycles. The first-order valence-electron chi connectivity index (χ1n) is 8.87. The number of benzene rings is 1. The van der Waals surface area contributed by atoms with E-state index in [4.69, 9.17) is 5.26 Å². The molecule has 1 atom stereocenters. The molecule has 2 amide bonds. The lowest BCUT2D eigenvalue weighted by molar-refractivity contribution is -0.137. The molecule has 146 valence electrons. The summed E-state index contributed by atoms with van der Waals surface area (Å²) >= 11 is 0. The molecule has 0 aliphatic heterocycles. The van der Waals surface area contributed by atoms with Crippen LogP contribution in [0.4, 0.5) is 13.2 Å². The minimum absolute atomic E-state index is 0.0315. The Morgan fingerprint density at radius 1 is 1.22 bits per heavy atom. The summed E-state index contributed by atoms with van der Waals surface area (Å²) in [5, 5.41) is 11.5. The maximum atomic E-state index is 12.6. The summed E-state index contributed by atoms with van der Waals surface area (Å²) in [7, 11) is 1.32. The van der Waals surface area contributed by atoms with Crippen LogP contribution in [0.25, 0.3) is 0 Å². The summed E-state index contributed by atoms with van der Waals surface area (Å²) in [6, 6.07) is 2.93. The third kappa shape index (κ3) is 5.71. The van der Waals surface area contributed by atoms with E-state index in [9.17, 15) is 22.8 Å². The van der Waals surface area contributed by atoms with Gasteiger partial charge in [-0.2, -0.15) is 18.4 Å². The third-order valence-corrected chi connectivity index (χ3v) is 4.85. The van der Waals surface area contributed by atoms with Crippen molar-refractivity contribution in [2.24, 2.45) is 5.92 Å². The van der Waals surface area contributed by atoms with Gasteiger partial charge in [0.15, 0.2) is 6.19 Å². The molecule has 0 heterocycles. The number of halogens is 3. The van der Waals surface area contributed by atoms with Gasteiger partial charge in [-0.1, -0.05) is 32.1 Å². The zero-order valence-corrected chi connectivity index (χ0v) is 15.1. The summed E-state index contributed by atoms with van der Waals surface area (Å²) in [5.41, 5.74) is -0.817. The molecule has 5 nitrogen and oxygen atoms in total. The first-order chi connectivity index (χ1) is 12.7. The molecule has 2 rings (SSSR count). The summed E-state index contributed by atoms with van der Waals surface area (Å²) in [5.74, 6) is -0.889. The maximum Gasteiger partial charge on any atom is 0.416 e. The number of nitrogens with one attached hydrogen (secondary N) is 1. The minimum Gasteiger partial charge on any atom is -0.340 e. The molecule has 0 saturated heterocycles. The van der Waals surface area contributed by atoms with E-state index in [2.05, 4.69) is 5.32 Å². The first-order valence-corrected chi connectivity index (χ1v) is 8.87. The molecule has 0 bridgehead atoms. The second-order valence-corrected chi connectivity index (χ2v) is 6.84. The minimum atomic E-state index is -4.48. The molecule has 1 aromatic rings. The van der Waals surface area contributed by atoms with Gasteiger partial charge in [-0.25, -0.2) is 0 Å². The van der Waals surface area contributed by atoms with E-state index in [0.717, 1.165) is 61.3 Å². The van der Waals surface area contributed by atoms with Crippen LogP contribution in [0.5, 0.6) is 0 Å². The van der Waals surface area contributed by atoms with Crippen LogP contribution in [0.3, 0.4) is 0 Å². The summed E-state index contributed by atoms with van der Waals surface area (Å²) in [6.07, 6.45) is 2.84. The first kappa shape index (κ1) is 20.7. The smallest absolute Gasteiger partial charge is 0.340 e. The average Bonchev–Trinajstić information content (AvgIpc) is 2.66. The Kier molecular flexibility index (Phi) is 6.83. The van der Waals surface area contributed by atoms with Gasteiger partial charge in [-0.05, 0) is 36.6 Å². The van der Waals surface area contributed by atoms with Gasteiger partial charge in [0.1, 0.15) is 6.04 Å². The lowest BCUT2D eigenvalue weighted by atomic mass is 9.84. The zero-order chi connectivity index (χ0) is 20.0. The largest absolute Gasteiger partial charge is 0.416 e. The van der Waals surface area contributed by atoms with Gasteiger partial charge in [0.2, 0.25) is 0 Å². The Labute approximate surface area is 156 Å². The van der Waals surface area contributed by atoms with Crippen LogP contribution in [0.15, 0.2) is 24.3 Å². The summed E-state index contributed by atoms with van der Waals surface area (Å²) in [4.78, 5) is 25.7. The number of rotatable bonds is 5. The average molecular weight is 381 g/mol. The molecule has 1 aliphatic carbocycles. The molecular formula is C19H22F3N3O2. The number of nitriles is 1. The Balaban J connectivity index is 2.11. The number of nitrogens with zero attached hydrogens (tertiary/aromatic N) is 2. The molecule has 8 heteroatoms. The molecule has 1 fully saturated rings. The van der Waals surface area contributed by atoms with Crippen molar-refractivity contribution in [1.29, 1.82) is 5.26 Å². The molecule has 27 heavy (non-hydrogen) atoms. The van der Waals surface area contributed by atoms with Crippen LogP contribution >= 0.6 is 0 Å². The predicted molar refractivity (Wildman–Crippen MR) is 92.3 cm³/mol. The molecule has 0 spiro atoms.